The minimum atomic E-state index is -0.577. The summed E-state index contributed by atoms with van der Waals surface area (Å²) in [6, 6.07) is 1.31. The van der Waals surface area contributed by atoms with E-state index in [2.05, 4.69) is 4.98 Å². The monoisotopic (exact) mass is 290 g/mol. The molecule has 2 saturated carbocycles. The van der Waals surface area contributed by atoms with Crippen molar-refractivity contribution in [2.45, 2.75) is 25.7 Å². The number of hydrogen-bond acceptors (Lipinski definition) is 5. The Bertz CT molecular complexity index is 568. The fraction of sp³-hybridized carbons (Fsp3) is 0.571. The van der Waals surface area contributed by atoms with Crippen LogP contribution in [0.5, 0.6) is 0 Å². The lowest BCUT2D eigenvalue weighted by Gasteiger charge is -2.22. The number of anilines is 1. The van der Waals surface area contributed by atoms with Crippen LogP contribution in [0.25, 0.3) is 0 Å². The summed E-state index contributed by atoms with van der Waals surface area (Å²) in [6.45, 7) is 1.38. The first-order chi connectivity index (χ1) is 10.0. The minimum Gasteiger partial charge on any atom is -0.384 e. The summed E-state index contributed by atoms with van der Waals surface area (Å²) >= 11 is 0. The van der Waals surface area contributed by atoms with Crippen LogP contribution in [0.1, 0.15) is 36.0 Å². The number of nitrogens with two attached hydrogens (primary N) is 1. The number of amides is 1. The second kappa shape index (κ2) is 5.31. The zero-order valence-corrected chi connectivity index (χ0v) is 11.7. The second-order valence-corrected chi connectivity index (χ2v) is 5.98. The highest BCUT2D eigenvalue weighted by molar-refractivity contribution is 5.98. The number of rotatable bonds is 6. The smallest absolute Gasteiger partial charge is 0.300 e. The van der Waals surface area contributed by atoms with Crippen molar-refractivity contribution in [3.63, 3.8) is 0 Å². The van der Waals surface area contributed by atoms with Crippen molar-refractivity contribution < 1.29 is 9.72 Å². The van der Waals surface area contributed by atoms with E-state index in [0.29, 0.717) is 24.9 Å². The molecule has 2 fully saturated rings. The Morgan fingerprint density at radius 1 is 1.33 bits per heavy atom. The molecule has 1 heterocycles. The van der Waals surface area contributed by atoms with Crippen molar-refractivity contribution in [2.75, 3.05) is 18.8 Å². The molecule has 0 saturated heterocycles. The minimum absolute atomic E-state index is 0.0498. The molecule has 0 aliphatic heterocycles. The highest BCUT2D eigenvalue weighted by Crippen LogP contribution is 2.35. The maximum atomic E-state index is 12.7. The quantitative estimate of drug-likeness (QED) is 0.636. The van der Waals surface area contributed by atoms with Crippen LogP contribution in [-0.4, -0.2) is 33.8 Å². The number of nitrogens with zero attached hydrogens (tertiary/aromatic N) is 3. The molecule has 2 N–H and O–H groups in total. The van der Waals surface area contributed by atoms with Gasteiger partial charge in [0.15, 0.2) is 0 Å². The van der Waals surface area contributed by atoms with Crippen molar-refractivity contribution in [1.29, 1.82) is 0 Å². The van der Waals surface area contributed by atoms with E-state index >= 15 is 0 Å². The van der Waals surface area contributed by atoms with Crippen molar-refractivity contribution in [1.82, 2.24) is 9.88 Å². The van der Waals surface area contributed by atoms with Gasteiger partial charge in [-0.3, -0.25) is 14.9 Å². The highest BCUT2D eigenvalue weighted by atomic mass is 16.6. The Kier molecular flexibility index (Phi) is 3.48. The van der Waals surface area contributed by atoms with E-state index in [9.17, 15) is 14.9 Å². The zero-order valence-electron chi connectivity index (χ0n) is 11.7. The summed E-state index contributed by atoms with van der Waals surface area (Å²) < 4.78 is 0. The van der Waals surface area contributed by atoms with Gasteiger partial charge in [-0.05, 0) is 43.6 Å². The van der Waals surface area contributed by atoms with E-state index in [1.165, 1.54) is 6.07 Å². The molecule has 7 heteroatoms. The third-order valence-corrected chi connectivity index (χ3v) is 3.97. The lowest BCUT2D eigenvalue weighted by molar-refractivity contribution is -0.385. The van der Waals surface area contributed by atoms with Crippen molar-refractivity contribution >= 4 is 17.4 Å². The Balaban J connectivity index is 1.86. The van der Waals surface area contributed by atoms with Crippen LogP contribution < -0.4 is 5.73 Å². The van der Waals surface area contributed by atoms with Gasteiger partial charge in [-0.2, -0.15) is 0 Å². The molecule has 2 aliphatic rings. The molecule has 0 aromatic carbocycles. The molecule has 0 radical (unpaired) electrons. The molecular formula is C14H18N4O3. The van der Waals surface area contributed by atoms with E-state index in [0.717, 1.165) is 31.9 Å². The molecule has 7 nitrogen and oxygen atoms in total. The average Bonchev–Trinajstić information content (AvgIpc) is 3.32. The van der Waals surface area contributed by atoms with Crippen LogP contribution in [0.15, 0.2) is 12.3 Å². The topological polar surface area (TPSA) is 102 Å². The standard InChI is InChI=1S/C14H18N4O3/c15-13-5-11(12(6-16-13)18(20)21)14(19)17(7-9-1-2-9)8-10-3-4-10/h5-6,9-10H,1-4,7-8H2,(H2,15,16). The fourth-order valence-electron chi connectivity index (χ4n) is 2.42. The van der Waals surface area contributed by atoms with Gasteiger partial charge >= 0.3 is 0 Å². The first kappa shape index (κ1) is 13.8. The fourth-order valence-corrected chi connectivity index (χ4v) is 2.42. The Labute approximate surface area is 122 Å². The van der Waals surface area contributed by atoms with Gasteiger partial charge in [-0.1, -0.05) is 0 Å². The van der Waals surface area contributed by atoms with E-state index < -0.39 is 4.92 Å². The Morgan fingerprint density at radius 2 is 1.90 bits per heavy atom. The number of aromatic nitrogens is 1. The van der Waals surface area contributed by atoms with Gasteiger partial charge in [-0.15, -0.1) is 0 Å². The predicted octanol–water partition coefficient (Wildman–Crippen LogP) is 1.83. The molecule has 3 rings (SSSR count). The van der Waals surface area contributed by atoms with Crippen LogP contribution >= 0.6 is 0 Å². The summed E-state index contributed by atoms with van der Waals surface area (Å²) in [5.41, 5.74) is 5.37. The van der Waals surface area contributed by atoms with Crippen molar-refractivity contribution in [2.24, 2.45) is 11.8 Å². The van der Waals surface area contributed by atoms with Gasteiger partial charge in [-0.25, -0.2) is 4.98 Å². The molecule has 112 valence electrons. The number of nitro groups is 1. The van der Waals surface area contributed by atoms with Crippen LogP contribution in [0.2, 0.25) is 0 Å². The van der Waals surface area contributed by atoms with Crippen LogP contribution in [0, 0.1) is 22.0 Å². The normalized spacial score (nSPS) is 17.5. The van der Waals surface area contributed by atoms with Gasteiger partial charge in [0.2, 0.25) is 0 Å². The second-order valence-electron chi connectivity index (χ2n) is 5.98. The van der Waals surface area contributed by atoms with E-state index in [4.69, 9.17) is 5.73 Å². The molecule has 0 spiro atoms. The van der Waals surface area contributed by atoms with Crippen LogP contribution in [0.4, 0.5) is 11.5 Å². The Morgan fingerprint density at radius 3 is 2.38 bits per heavy atom. The van der Waals surface area contributed by atoms with Crippen molar-refractivity contribution in [3.8, 4) is 0 Å². The first-order valence-electron chi connectivity index (χ1n) is 7.23. The molecule has 1 amide bonds. The molecule has 0 bridgehead atoms. The number of carbonyl (C=O) groups is 1. The van der Waals surface area contributed by atoms with Crippen LogP contribution in [-0.2, 0) is 0 Å². The molecule has 2 aliphatic carbocycles. The highest BCUT2D eigenvalue weighted by Gasteiger charge is 2.34. The third kappa shape index (κ3) is 3.29. The zero-order chi connectivity index (χ0) is 15.0. The lowest BCUT2D eigenvalue weighted by Crippen LogP contribution is -2.35. The molecular weight excluding hydrogens is 272 g/mol. The molecule has 1 aromatic heterocycles. The molecule has 0 atom stereocenters. The summed E-state index contributed by atoms with van der Waals surface area (Å²) in [7, 11) is 0. The van der Waals surface area contributed by atoms with Crippen molar-refractivity contribution in [3.05, 3.63) is 27.9 Å². The van der Waals surface area contributed by atoms with Crippen LogP contribution in [0.3, 0.4) is 0 Å². The van der Waals surface area contributed by atoms with Gasteiger partial charge in [0.05, 0.1) is 4.92 Å². The maximum absolute atomic E-state index is 12.7. The van der Waals surface area contributed by atoms with Gasteiger partial charge in [0.25, 0.3) is 11.6 Å². The molecule has 1 aromatic rings. The van der Waals surface area contributed by atoms with E-state index in [-0.39, 0.29) is 23.0 Å². The van der Waals surface area contributed by atoms with Gasteiger partial charge in [0.1, 0.15) is 17.6 Å². The molecule has 0 unspecified atom stereocenters. The summed E-state index contributed by atoms with van der Waals surface area (Å²) in [4.78, 5) is 28.7. The van der Waals surface area contributed by atoms with Gasteiger partial charge in [0, 0.05) is 13.1 Å². The predicted molar refractivity (Wildman–Crippen MR) is 76.7 cm³/mol. The average molecular weight is 290 g/mol. The molecule has 21 heavy (non-hydrogen) atoms. The first-order valence-corrected chi connectivity index (χ1v) is 7.23. The summed E-state index contributed by atoms with van der Waals surface area (Å²) in [6.07, 6.45) is 5.60. The number of carbonyl (C=O) groups excluding carboxylic acids is 1. The van der Waals surface area contributed by atoms with Gasteiger partial charge < -0.3 is 10.6 Å². The number of pyridine rings is 1. The number of nitrogen functional groups attached to an aromatic ring is 1. The number of hydrogen-bond donors (Lipinski definition) is 1. The third-order valence-electron chi connectivity index (χ3n) is 3.97. The largest absolute Gasteiger partial charge is 0.384 e. The summed E-state index contributed by atoms with van der Waals surface area (Å²) in [5, 5.41) is 11.1. The maximum Gasteiger partial charge on any atom is 0.300 e. The summed E-state index contributed by atoms with van der Waals surface area (Å²) in [5.74, 6) is 0.924. The van der Waals surface area contributed by atoms with E-state index in [1.54, 1.807) is 4.90 Å². The lowest BCUT2D eigenvalue weighted by atomic mass is 10.1. The van der Waals surface area contributed by atoms with E-state index in [1.807, 2.05) is 0 Å². The Hall–Kier alpha value is -2.18. The SMILES string of the molecule is Nc1cc(C(=O)N(CC2CC2)CC2CC2)c([N+](=O)[O-])cn1.